The van der Waals surface area contributed by atoms with E-state index in [1.54, 1.807) is 51.1 Å². The molecular formula is C32H31F4N3O5. The molecule has 0 fully saturated rings. The van der Waals surface area contributed by atoms with Crippen molar-refractivity contribution in [3.05, 3.63) is 122 Å². The van der Waals surface area contributed by atoms with Crippen LogP contribution in [0.2, 0.25) is 0 Å². The van der Waals surface area contributed by atoms with Gasteiger partial charge >= 0.3 is 18.0 Å². The lowest BCUT2D eigenvalue weighted by Crippen LogP contribution is -2.46. The van der Waals surface area contributed by atoms with Crippen molar-refractivity contribution in [1.29, 1.82) is 0 Å². The maximum Gasteiger partial charge on any atom is 0.416 e. The highest BCUT2D eigenvalue weighted by molar-refractivity contribution is 5.68. The van der Waals surface area contributed by atoms with Crippen LogP contribution in [0.1, 0.15) is 49.2 Å². The summed E-state index contributed by atoms with van der Waals surface area (Å²) in [5.41, 5.74) is -4.25. The van der Waals surface area contributed by atoms with Crippen LogP contribution in [0.4, 0.5) is 22.4 Å². The van der Waals surface area contributed by atoms with E-state index < -0.39 is 65.2 Å². The van der Waals surface area contributed by atoms with Gasteiger partial charge in [-0.3, -0.25) is 13.9 Å². The number of hydrogen-bond acceptors (Lipinski definition) is 5. The third kappa shape index (κ3) is 7.19. The maximum atomic E-state index is 14.9. The first-order valence-corrected chi connectivity index (χ1v) is 13.6. The van der Waals surface area contributed by atoms with Gasteiger partial charge in [0.25, 0.3) is 5.56 Å². The Kier molecular flexibility index (Phi) is 9.03. The van der Waals surface area contributed by atoms with Crippen LogP contribution < -0.4 is 16.6 Å². The smallest absolute Gasteiger partial charge is 0.416 e. The third-order valence-electron chi connectivity index (χ3n) is 6.82. The van der Waals surface area contributed by atoms with Crippen molar-refractivity contribution in [1.82, 2.24) is 14.5 Å². The van der Waals surface area contributed by atoms with Gasteiger partial charge in [0.1, 0.15) is 17.2 Å². The molecule has 232 valence electrons. The predicted octanol–water partition coefficient (Wildman–Crippen LogP) is 6.16. The summed E-state index contributed by atoms with van der Waals surface area (Å²) < 4.78 is 63.6. The lowest BCUT2D eigenvalue weighted by atomic mass is 10.0. The molecule has 2 N–H and O–H groups in total. The average molecular weight is 614 g/mol. The molecule has 0 aliphatic rings. The molecule has 1 aromatic heterocycles. The minimum atomic E-state index is -4.92. The van der Waals surface area contributed by atoms with E-state index in [-0.39, 0.29) is 22.6 Å². The molecule has 0 bridgehead atoms. The number of amides is 1. The van der Waals surface area contributed by atoms with Crippen molar-refractivity contribution < 1.29 is 32.2 Å². The normalized spacial score (nSPS) is 12.5. The fraction of sp³-hybridized carbons (Fsp3) is 0.281. The van der Waals surface area contributed by atoms with Crippen molar-refractivity contribution in [3.8, 4) is 16.9 Å². The summed E-state index contributed by atoms with van der Waals surface area (Å²) in [6.45, 7) is 5.03. The quantitative estimate of drug-likeness (QED) is 0.243. The van der Waals surface area contributed by atoms with Crippen molar-refractivity contribution in [2.24, 2.45) is 0 Å². The minimum absolute atomic E-state index is 0.0467. The maximum absolute atomic E-state index is 14.9. The molecule has 0 radical (unpaired) electrons. The number of aromatic nitrogens is 2. The largest absolute Gasteiger partial charge is 0.508 e. The molecule has 8 nitrogen and oxygen atoms in total. The number of ether oxygens (including phenoxy) is 1. The first-order valence-electron chi connectivity index (χ1n) is 13.6. The Morgan fingerprint density at radius 1 is 0.955 bits per heavy atom. The van der Waals surface area contributed by atoms with Gasteiger partial charge in [-0.1, -0.05) is 48.5 Å². The highest BCUT2D eigenvalue weighted by Gasteiger charge is 2.35. The summed E-state index contributed by atoms with van der Waals surface area (Å²) in [6.07, 6.45) is -5.76. The molecule has 1 atom stereocenters. The van der Waals surface area contributed by atoms with Gasteiger partial charge in [-0.05, 0) is 63.1 Å². The Labute approximate surface area is 250 Å². The number of alkyl halides is 3. The van der Waals surface area contributed by atoms with Crippen molar-refractivity contribution >= 4 is 6.09 Å². The molecule has 0 aliphatic carbocycles. The third-order valence-corrected chi connectivity index (χ3v) is 6.82. The van der Waals surface area contributed by atoms with Gasteiger partial charge < -0.3 is 15.2 Å². The topological polar surface area (TPSA) is 103 Å². The number of nitrogens with one attached hydrogen (secondary N) is 1. The second-order valence-electron chi connectivity index (χ2n) is 11.2. The van der Waals surface area contributed by atoms with Crippen LogP contribution in [0.3, 0.4) is 0 Å². The van der Waals surface area contributed by atoms with Crippen molar-refractivity contribution in [2.45, 2.75) is 58.6 Å². The van der Waals surface area contributed by atoms with E-state index in [1.165, 1.54) is 31.2 Å². The molecule has 0 spiro atoms. The zero-order valence-electron chi connectivity index (χ0n) is 24.4. The molecule has 1 amide bonds. The number of benzene rings is 3. The highest BCUT2D eigenvalue weighted by atomic mass is 19.4. The van der Waals surface area contributed by atoms with Gasteiger partial charge in [-0.15, -0.1) is 0 Å². The summed E-state index contributed by atoms with van der Waals surface area (Å²) in [7, 11) is 0. The Morgan fingerprint density at radius 3 is 2.23 bits per heavy atom. The van der Waals surface area contributed by atoms with E-state index in [4.69, 9.17) is 4.74 Å². The Balaban J connectivity index is 1.95. The number of rotatable bonds is 7. The van der Waals surface area contributed by atoms with Gasteiger partial charge in [-0.2, -0.15) is 13.2 Å². The van der Waals surface area contributed by atoms with Crippen LogP contribution in [0.25, 0.3) is 11.1 Å². The van der Waals surface area contributed by atoms with Crippen LogP contribution in [0.15, 0.2) is 82.4 Å². The molecule has 0 saturated carbocycles. The zero-order valence-corrected chi connectivity index (χ0v) is 24.4. The summed E-state index contributed by atoms with van der Waals surface area (Å²) in [5.74, 6) is -1.38. The monoisotopic (exact) mass is 613 g/mol. The van der Waals surface area contributed by atoms with Crippen LogP contribution in [-0.4, -0.2) is 25.9 Å². The number of aromatic hydroxyl groups is 1. The lowest BCUT2D eigenvalue weighted by molar-refractivity contribution is -0.138. The van der Waals surface area contributed by atoms with E-state index in [0.717, 1.165) is 21.3 Å². The predicted molar refractivity (Wildman–Crippen MR) is 156 cm³/mol. The standard InChI is InChI=1S/C32H31F4N3O5/c1-19-27(21-12-8-13-22(40)16-21)28(41)39(18-26(20-10-6-5-7-11-20)37-29(42)44-31(2,3)4)30(43)38(19)17-23-24(32(34,35)36)14-9-15-25(23)33/h5-16,26,40H,17-18H2,1-4H3,(H,37,42). The first kappa shape index (κ1) is 32.1. The lowest BCUT2D eigenvalue weighted by Gasteiger charge is -2.25. The molecular weight excluding hydrogens is 582 g/mol. The number of carbonyl (C=O) groups excluding carboxylic acids is 1. The van der Waals surface area contributed by atoms with Crippen LogP contribution in [-0.2, 0) is 24.0 Å². The van der Waals surface area contributed by atoms with Gasteiger partial charge in [0.05, 0.1) is 30.3 Å². The van der Waals surface area contributed by atoms with Crippen molar-refractivity contribution in [2.75, 3.05) is 0 Å². The number of hydrogen-bond donors (Lipinski definition) is 2. The number of nitrogens with zero attached hydrogens (tertiary/aromatic N) is 2. The Morgan fingerprint density at radius 2 is 1.61 bits per heavy atom. The second-order valence-corrected chi connectivity index (χ2v) is 11.2. The van der Waals surface area contributed by atoms with Crippen LogP contribution in [0, 0.1) is 12.7 Å². The molecule has 1 heterocycles. The van der Waals surface area contributed by atoms with Gasteiger partial charge in [0.2, 0.25) is 0 Å². The minimum Gasteiger partial charge on any atom is -0.508 e. The number of alkyl carbamates (subject to hydrolysis) is 1. The molecule has 4 aromatic rings. The first-order chi connectivity index (χ1) is 20.6. The van der Waals surface area contributed by atoms with Gasteiger partial charge in [0.15, 0.2) is 0 Å². The average Bonchev–Trinajstić information content (AvgIpc) is 2.92. The number of phenols is 1. The summed E-state index contributed by atoms with van der Waals surface area (Å²) in [5, 5.41) is 12.8. The zero-order chi connectivity index (χ0) is 32.4. The molecule has 0 aliphatic heterocycles. The summed E-state index contributed by atoms with van der Waals surface area (Å²) in [4.78, 5) is 40.7. The van der Waals surface area contributed by atoms with Gasteiger partial charge in [-0.25, -0.2) is 14.0 Å². The van der Waals surface area contributed by atoms with E-state index in [1.807, 2.05) is 0 Å². The van der Waals surface area contributed by atoms with Crippen LogP contribution in [0.5, 0.6) is 5.75 Å². The number of carbonyl (C=O) groups is 1. The molecule has 1 unspecified atom stereocenters. The molecule has 0 saturated heterocycles. The fourth-order valence-electron chi connectivity index (χ4n) is 4.84. The summed E-state index contributed by atoms with van der Waals surface area (Å²) >= 11 is 0. The van der Waals surface area contributed by atoms with Gasteiger partial charge in [0, 0.05) is 11.3 Å². The SMILES string of the molecule is Cc1c(-c2cccc(O)c2)c(=O)n(CC(NC(=O)OC(C)(C)C)c2ccccc2)c(=O)n1Cc1c(F)cccc1C(F)(F)F. The highest BCUT2D eigenvalue weighted by Crippen LogP contribution is 2.34. The van der Waals surface area contributed by atoms with E-state index in [9.17, 15) is 37.1 Å². The summed E-state index contributed by atoms with van der Waals surface area (Å²) in [6, 6.07) is 15.5. The molecule has 3 aromatic carbocycles. The molecule has 4 rings (SSSR count). The number of phenolic OH excluding ortho intramolecular Hbond substituents is 1. The van der Waals surface area contributed by atoms with Crippen molar-refractivity contribution in [3.63, 3.8) is 0 Å². The Hall–Kier alpha value is -4.87. The Bertz CT molecular complexity index is 1790. The fourth-order valence-corrected chi connectivity index (χ4v) is 4.84. The molecule has 44 heavy (non-hydrogen) atoms. The van der Waals surface area contributed by atoms with E-state index in [0.29, 0.717) is 11.6 Å². The van der Waals surface area contributed by atoms with E-state index in [2.05, 4.69) is 5.32 Å². The van der Waals surface area contributed by atoms with Crippen LogP contribution >= 0.6 is 0 Å². The number of halogens is 4. The molecule has 12 heteroatoms. The van der Waals surface area contributed by atoms with E-state index >= 15 is 0 Å². The second kappa shape index (κ2) is 12.4.